The second kappa shape index (κ2) is 7.45. The number of pyridine rings is 1. The zero-order valence-corrected chi connectivity index (χ0v) is 17.6. The van der Waals surface area contributed by atoms with Gasteiger partial charge in [-0.3, -0.25) is 0 Å². The Kier molecular flexibility index (Phi) is 4.62. The van der Waals surface area contributed by atoms with Gasteiger partial charge in [0, 0.05) is 29.9 Å². The fraction of sp³-hybridized carbons (Fsp3) is 0.231. The molecule has 3 aromatic carbocycles. The molecule has 4 heteroatoms. The van der Waals surface area contributed by atoms with Crippen molar-refractivity contribution >= 4 is 32.7 Å². The Morgan fingerprint density at radius 3 is 2.53 bits per heavy atom. The first kappa shape index (κ1) is 18.6. The molecule has 0 aliphatic heterocycles. The zero-order chi connectivity index (χ0) is 20.7. The van der Waals surface area contributed by atoms with Gasteiger partial charge in [-0.15, -0.1) is 0 Å². The number of fused-ring (bicyclic) bond motifs is 4. The summed E-state index contributed by atoms with van der Waals surface area (Å²) in [4.78, 5) is 9.89. The maximum Gasteiger partial charge on any atom is 0.145 e. The molecule has 0 radical (unpaired) electrons. The molecule has 0 bridgehead atoms. The summed E-state index contributed by atoms with van der Waals surface area (Å²) in [7, 11) is 3.80. The van der Waals surface area contributed by atoms with Gasteiger partial charge >= 0.3 is 0 Å². The smallest absolute Gasteiger partial charge is 0.145 e. The van der Waals surface area contributed by atoms with Crippen molar-refractivity contribution in [2.24, 2.45) is 7.05 Å². The maximum atomic E-state index is 5.49. The van der Waals surface area contributed by atoms with Gasteiger partial charge in [0.05, 0.1) is 18.1 Å². The number of aromatic nitrogens is 3. The summed E-state index contributed by atoms with van der Waals surface area (Å²) in [5.74, 6) is 1.90. The van der Waals surface area contributed by atoms with Crippen LogP contribution >= 0.6 is 0 Å². The molecule has 0 aliphatic carbocycles. The molecule has 4 nitrogen and oxygen atoms in total. The van der Waals surface area contributed by atoms with E-state index in [0.29, 0.717) is 0 Å². The van der Waals surface area contributed by atoms with Gasteiger partial charge in [-0.2, -0.15) is 0 Å². The molecular weight excluding hydrogens is 370 g/mol. The average molecular weight is 396 g/mol. The molecule has 0 saturated carbocycles. The first-order valence-corrected chi connectivity index (χ1v) is 10.5. The summed E-state index contributed by atoms with van der Waals surface area (Å²) in [6.45, 7) is 2.20. The normalized spacial score (nSPS) is 11.6. The highest BCUT2D eigenvalue weighted by atomic mass is 16.5. The number of ether oxygens (including phenoxy) is 1. The summed E-state index contributed by atoms with van der Waals surface area (Å²) in [6, 6.07) is 21.2. The van der Waals surface area contributed by atoms with Crippen molar-refractivity contribution in [3.63, 3.8) is 0 Å². The molecular formula is C26H25N3O. The van der Waals surface area contributed by atoms with Gasteiger partial charge in [0.1, 0.15) is 17.1 Å². The minimum atomic E-state index is 0.815. The SMILES string of the molecule is CCc1cccc2c1ccc1c2nc(CCc2ccc3cccc(OC)c3n2)n1C. The van der Waals surface area contributed by atoms with Crippen LogP contribution in [0.2, 0.25) is 0 Å². The Labute approximate surface area is 176 Å². The third-order valence-electron chi connectivity index (χ3n) is 6.04. The largest absolute Gasteiger partial charge is 0.494 e. The van der Waals surface area contributed by atoms with Crippen LogP contribution in [0, 0.1) is 0 Å². The number of para-hydroxylation sites is 1. The molecule has 150 valence electrons. The minimum Gasteiger partial charge on any atom is -0.494 e. The fourth-order valence-electron chi connectivity index (χ4n) is 4.36. The van der Waals surface area contributed by atoms with Crippen molar-refractivity contribution in [2.45, 2.75) is 26.2 Å². The summed E-state index contributed by atoms with van der Waals surface area (Å²) >= 11 is 0. The number of aryl methyl sites for hydroxylation is 4. The van der Waals surface area contributed by atoms with Gasteiger partial charge in [0.2, 0.25) is 0 Å². The van der Waals surface area contributed by atoms with Crippen LogP contribution in [0.3, 0.4) is 0 Å². The minimum absolute atomic E-state index is 0.815. The molecule has 30 heavy (non-hydrogen) atoms. The average Bonchev–Trinajstić information content (AvgIpc) is 3.12. The predicted octanol–water partition coefficient (Wildman–Crippen LogP) is 5.63. The van der Waals surface area contributed by atoms with E-state index >= 15 is 0 Å². The van der Waals surface area contributed by atoms with E-state index in [-0.39, 0.29) is 0 Å². The molecule has 2 aromatic heterocycles. The lowest BCUT2D eigenvalue weighted by Gasteiger charge is -2.07. The van der Waals surface area contributed by atoms with Gasteiger partial charge in [0.15, 0.2) is 0 Å². The third-order valence-corrected chi connectivity index (χ3v) is 6.04. The van der Waals surface area contributed by atoms with E-state index in [1.807, 2.05) is 12.1 Å². The van der Waals surface area contributed by atoms with Crippen LogP contribution in [0.25, 0.3) is 32.7 Å². The van der Waals surface area contributed by atoms with E-state index in [2.05, 4.69) is 67.1 Å². The highest BCUT2D eigenvalue weighted by Crippen LogP contribution is 2.29. The van der Waals surface area contributed by atoms with Crippen LogP contribution in [-0.4, -0.2) is 21.6 Å². The van der Waals surface area contributed by atoms with Crippen LogP contribution in [-0.2, 0) is 26.3 Å². The van der Waals surface area contributed by atoms with Crippen LogP contribution in [0.5, 0.6) is 5.75 Å². The van der Waals surface area contributed by atoms with Crippen LogP contribution in [0.1, 0.15) is 24.0 Å². The number of benzene rings is 3. The van der Waals surface area contributed by atoms with Gasteiger partial charge in [0.25, 0.3) is 0 Å². The summed E-state index contributed by atoms with van der Waals surface area (Å²) in [6.07, 6.45) is 2.71. The fourth-order valence-corrected chi connectivity index (χ4v) is 4.36. The maximum absolute atomic E-state index is 5.49. The van der Waals surface area contributed by atoms with E-state index in [1.165, 1.54) is 21.9 Å². The Bertz CT molecular complexity index is 1380. The lowest BCUT2D eigenvalue weighted by atomic mass is 10.0. The number of nitrogens with zero attached hydrogens (tertiary/aromatic N) is 3. The highest BCUT2D eigenvalue weighted by molar-refractivity contribution is 6.05. The van der Waals surface area contributed by atoms with Gasteiger partial charge < -0.3 is 9.30 Å². The quantitative estimate of drug-likeness (QED) is 0.387. The monoisotopic (exact) mass is 395 g/mol. The molecule has 0 spiro atoms. The molecule has 5 rings (SSSR count). The lowest BCUT2D eigenvalue weighted by Crippen LogP contribution is -2.02. The van der Waals surface area contributed by atoms with Crippen LogP contribution in [0.4, 0.5) is 0 Å². The van der Waals surface area contributed by atoms with Crippen LogP contribution < -0.4 is 4.74 Å². The molecule has 2 heterocycles. The van der Waals surface area contributed by atoms with E-state index in [4.69, 9.17) is 14.7 Å². The number of hydrogen-bond donors (Lipinski definition) is 0. The van der Waals surface area contributed by atoms with E-state index < -0.39 is 0 Å². The third kappa shape index (κ3) is 3.00. The summed E-state index contributed by atoms with van der Waals surface area (Å²) < 4.78 is 7.70. The number of imidazole rings is 1. The predicted molar refractivity (Wildman–Crippen MR) is 123 cm³/mol. The highest BCUT2D eigenvalue weighted by Gasteiger charge is 2.13. The molecule has 0 fully saturated rings. The molecule has 0 atom stereocenters. The van der Waals surface area contributed by atoms with Crippen molar-refractivity contribution in [2.75, 3.05) is 7.11 Å². The van der Waals surface area contributed by atoms with Gasteiger partial charge in [-0.05, 0) is 42.0 Å². The lowest BCUT2D eigenvalue weighted by molar-refractivity contribution is 0.419. The van der Waals surface area contributed by atoms with Crippen LogP contribution in [0.15, 0.2) is 60.7 Å². The number of rotatable bonds is 5. The van der Waals surface area contributed by atoms with E-state index in [0.717, 1.165) is 52.9 Å². The molecule has 5 aromatic rings. The van der Waals surface area contributed by atoms with Gasteiger partial charge in [-0.1, -0.05) is 49.4 Å². The molecule has 0 unspecified atom stereocenters. The first-order chi connectivity index (χ1) is 14.7. The number of methoxy groups -OCH3 is 1. The van der Waals surface area contributed by atoms with Crippen molar-refractivity contribution in [3.8, 4) is 5.75 Å². The molecule has 0 N–H and O–H groups in total. The zero-order valence-electron chi connectivity index (χ0n) is 17.6. The molecule has 0 saturated heterocycles. The van der Waals surface area contributed by atoms with Gasteiger partial charge in [-0.25, -0.2) is 9.97 Å². The Balaban J connectivity index is 1.51. The first-order valence-electron chi connectivity index (χ1n) is 10.5. The molecule has 0 aliphatic rings. The molecule has 0 amide bonds. The standard InChI is InChI=1S/C26H25N3O/c1-4-17-7-5-9-21-20(17)14-15-22-26(21)28-24(29(22)2)16-13-19-12-11-18-8-6-10-23(30-3)25(18)27-19/h5-12,14-15H,4,13,16H2,1-3H3. The second-order valence-corrected chi connectivity index (χ2v) is 7.72. The van der Waals surface area contributed by atoms with Crippen molar-refractivity contribution in [1.29, 1.82) is 0 Å². The second-order valence-electron chi connectivity index (χ2n) is 7.72. The Morgan fingerprint density at radius 2 is 1.70 bits per heavy atom. The van der Waals surface area contributed by atoms with E-state index in [9.17, 15) is 0 Å². The van der Waals surface area contributed by atoms with E-state index in [1.54, 1.807) is 7.11 Å². The summed E-state index contributed by atoms with van der Waals surface area (Å²) in [5, 5.41) is 3.64. The topological polar surface area (TPSA) is 39.9 Å². The van der Waals surface area contributed by atoms with Crippen molar-refractivity contribution < 1.29 is 4.74 Å². The number of hydrogen-bond acceptors (Lipinski definition) is 3. The van der Waals surface area contributed by atoms with Crippen molar-refractivity contribution in [1.82, 2.24) is 14.5 Å². The summed E-state index contributed by atoms with van der Waals surface area (Å²) in [5.41, 5.74) is 5.61. The Hall–Kier alpha value is -3.40. The van der Waals surface area contributed by atoms with Crippen molar-refractivity contribution in [3.05, 3.63) is 77.7 Å². The Morgan fingerprint density at radius 1 is 0.833 bits per heavy atom.